The lowest BCUT2D eigenvalue weighted by atomic mass is 9.74. The van der Waals surface area contributed by atoms with Crippen LogP contribution in [-0.2, 0) is 12.6 Å². The molecule has 0 bridgehead atoms. The summed E-state index contributed by atoms with van der Waals surface area (Å²) >= 11 is 0. The molecule has 1 atom stereocenters. The zero-order valence-electron chi connectivity index (χ0n) is 16.1. The van der Waals surface area contributed by atoms with Crippen LogP contribution in [0.1, 0.15) is 73.9 Å². The number of carbonyl (C=O) groups excluding carboxylic acids is 1. The van der Waals surface area contributed by atoms with Crippen LogP contribution in [-0.4, -0.2) is 30.8 Å². The molecular formula is C21H30F3NO. The molecule has 1 unspecified atom stereocenters. The van der Waals surface area contributed by atoms with Gasteiger partial charge in [0.2, 0.25) is 0 Å². The fourth-order valence-corrected chi connectivity index (χ4v) is 4.22. The molecule has 1 aromatic carbocycles. The van der Waals surface area contributed by atoms with Crippen LogP contribution in [0.2, 0.25) is 0 Å². The first kappa shape index (κ1) is 20.9. The van der Waals surface area contributed by atoms with E-state index in [0.717, 1.165) is 44.5 Å². The maximum absolute atomic E-state index is 12.9. The second-order valence-corrected chi connectivity index (χ2v) is 7.69. The summed E-state index contributed by atoms with van der Waals surface area (Å²) in [6.07, 6.45) is 1.75. The molecule has 0 N–H and O–H groups in total. The zero-order valence-corrected chi connectivity index (χ0v) is 16.1. The number of piperidine rings is 1. The number of benzene rings is 1. The number of halogens is 3. The molecule has 1 aromatic rings. The van der Waals surface area contributed by atoms with E-state index in [9.17, 15) is 18.0 Å². The Labute approximate surface area is 154 Å². The van der Waals surface area contributed by atoms with E-state index in [-0.39, 0.29) is 11.2 Å². The van der Waals surface area contributed by atoms with Gasteiger partial charge in [-0.3, -0.25) is 4.79 Å². The third-order valence-electron chi connectivity index (χ3n) is 5.83. The van der Waals surface area contributed by atoms with Crippen LogP contribution in [0.15, 0.2) is 18.2 Å². The van der Waals surface area contributed by atoms with Crippen LogP contribution in [0.3, 0.4) is 0 Å². The minimum Gasteiger partial charge on any atom is -0.306 e. The molecule has 0 spiro atoms. The molecule has 1 saturated heterocycles. The lowest BCUT2D eigenvalue weighted by Crippen LogP contribution is -2.40. The number of alkyl halides is 3. The van der Waals surface area contributed by atoms with E-state index in [0.29, 0.717) is 24.0 Å². The van der Waals surface area contributed by atoms with Crippen molar-refractivity contribution in [3.63, 3.8) is 0 Å². The first-order valence-electron chi connectivity index (χ1n) is 9.62. The van der Waals surface area contributed by atoms with Crippen LogP contribution < -0.4 is 0 Å². The lowest BCUT2D eigenvalue weighted by Gasteiger charge is -2.41. The number of aryl methyl sites for hydroxylation is 1. The van der Waals surface area contributed by atoms with Crippen molar-refractivity contribution in [2.75, 3.05) is 20.1 Å². The standard InChI is InChI=1S/C21H30F3NO/c1-4-16-14-17(21(22,23)24)9-10-18(16)19(26)8-6-11-20(5-2)12-7-13-25(3)15-20/h9-10,14H,4-8,11-13,15H2,1-3H3. The van der Waals surface area contributed by atoms with E-state index in [4.69, 9.17) is 0 Å². The summed E-state index contributed by atoms with van der Waals surface area (Å²) in [5.41, 5.74) is 0.543. The molecule has 0 saturated carbocycles. The molecule has 1 fully saturated rings. The Balaban J connectivity index is 2.01. The van der Waals surface area contributed by atoms with Crippen molar-refractivity contribution in [3.05, 3.63) is 34.9 Å². The maximum atomic E-state index is 12.9. The molecule has 0 aromatic heterocycles. The molecule has 1 aliphatic heterocycles. The summed E-state index contributed by atoms with van der Waals surface area (Å²) < 4.78 is 38.6. The predicted molar refractivity (Wildman–Crippen MR) is 98.5 cm³/mol. The van der Waals surface area contributed by atoms with Gasteiger partial charge in [-0.15, -0.1) is 0 Å². The van der Waals surface area contributed by atoms with E-state index in [1.807, 2.05) is 0 Å². The van der Waals surface area contributed by atoms with Crippen LogP contribution in [0.25, 0.3) is 0 Å². The third kappa shape index (κ3) is 5.09. The van der Waals surface area contributed by atoms with E-state index >= 15 is 0 Å². The summed E-state index contributed by atoms with van der Waals surface area (Å²) in [6.45, 7) is 6.20. The van der Waals surface area contributed by atoms with Gasteiger partial charge < -0.3 is 4.90 Å². The summed E-state index contributed by atoms with van der Waals surface area (Å²) in [5.74, 6) is -0.0361. The fourth-order valence-electron chi connectivity index (χ4n) is 4.22. The van der Waals surface area contributed by atoms with Crippen molar-refractivity contribution in [2.24, 2.45) is 5.41 Å². The van der Waals surface area contributed by atoms with Gasteiger partial charge in [0.15, 0.2) is 5.78 Å². The van der Waals surface area contributed by atoms with Crippen molar-refractivity contribution in [3.8, 4) is 0 Å². The van der Waals surface area contributed by atoms with Crippen molar-refractivity contribution < 1.29 is 18.0 Å². The molecule has 146 valence electrons. The van der Waals surface area contributed by atoms with Gasteiger partial charge in [-0.1, -0.05) is 19.9 Å². The van der Waals surface area contributed by atoms with Gasteiger partial charge in [0.25, 0.3) is 0 Å². The molecule has 1 aliphatic rings. The Morgan fingerprint density at radius 1 is 1.27 bits per heavy atom. The number of hydrogen-bond donors (Lipinski definition) is 0. The van der Waals surface area contributed by atoms with Crippen LogP contribution >= 0.6 is 0 Å². The SMILES string of the molecule is CCc1cc(C(F)(F)F)ccc1C(=O)CCCC1(CC)CCCN(C)C1. The Morgan fingerprint density at radius 2 is 2.00 bits per heavy atom. The molecule has 5 heteroatoms. The van der Waals surface area contributed by atoms with Gasteiger partial charge in [-0.05, 0) is 75.2 Å². The van der Waals surface area contributed by atoms with Gasteiger partial charge in [0.05, 0.1) is 5.56 Å². The monoisotopic (exact) mass is 369 g/mol. The van der Waals surface area contributed by atoms with Crippen LogP contribution in [0, 0.1) is 5.41 Å². The van der Waals surface area contributed by atoms with Gasteiger partial charge in [-0.25, -0.2) is 0 Å². The van der Waals surface area contributed by atoms with Gasteiger partial charge in [0.1, 0.15) is 0 Å². The summed E-state index contributed by atoms with van der Waals surface area (Å²) in [4.78, 5) is 15.0. The first-order chi connectivity index (χ1) is 12.2. The second-order valence-electron chi connectivity index (χ2n) is 7.69. The van der Waals surface area contributed by atoms with Crippen molar-refractivity contribution in [2.45, 2.75) is 65.0 Å². The minimum absolute atomic E-state index is 0.0361. The van der Waals surface area contributed by atoms with Gasteiger partial charge in [0, 0.05) is 18.5 Å². The number of nitrogens with zero attached hydrogens (tertiary/aromatic N) is 1. The smallest absolute Gasteiger partial charge is 0.306 e. The molecular weight excluding hydrogens is 339 g/mol. The second kappa shape index (κ2) is 8.55. The maximum Gasteiger partial charge on any atom is 0.416 e. The molecule has 2 rings (SSSR count). The highest BCUT2D eigenvalue weighted by Gasteiger charge is 2.33. The zero-order chi connectivity index (χ0) is 19.4. The molecule has 2 nitrogen and oxygen atoms in total. The number of Topliss-reactive ketones (excluding diaryl/α,β-unsaturated/α-hetero) is 1. The van der Waals surface area contributed by atoms with Crippen LogP contribution in [0.4, 0.5) is 13.2 Å². The Hall–Kier alpha value is -1.36. The third-order valence-corrected chi connectivity index (χ3v) is 5.83. The van der Waals surface area contributed by atoms with Crippen molar-refractivity contribution in [1.82, 2.24) is 4.90 Å². The highest BCUT2D eigenvalue weighted by atomic mass is 19.4. The molecule has 1 heterocycles. The first-order valence-corrected chi connectivity index (χ1v) is 9.62. The average Bonchev–Trinajstić information content (AvgIpc) is 2.60. The molecule has 0 amide bonds. The van der Waals surface area contributed by atoms with Gasteiger partial charge in [-0.2, -0.15) is 13.2 Å². The lowest BCUT2D eigenvalue weighted by molar-refractivity contribution is -0.137. The fraction of sp³-hybridized carbons (Fsp3) is 0.667. The number of ketones is 1. The van der Waals surface area contributed by atoms with E-state index in [1.165, 1.54) is 18.9 Å². The van der Waals surface area contributed by atoms with Gasteiger partial charge >= 0.3 is 6.18 Å². The Bertz CT molecular complexity index is 626. The van der Waals surface area contributed by atoms with Crippen molar-refractivity contribution >= 4 is 5.78 Å². The number of rotatable bonds is 7. The van der Waals surface area contributed by atoms with E-state index in [2.05, 4.69) is 18.9 Å². The molecule has 26 heavy (non-hydrogen) atoms. The quantitative estimate of drug-likeness (QED) is 0.571. The van der Waals surface area contributed by atoms with Crippen molar-refractivity contribution in [1.29, 1.82) is 0 Å². The summed E-state index contributed by atoms with van der Waals surface area (Å²) in [5, 5.41) is 0. The minimum atomic E-state index is -4.37. The predicted octanol–water partition coefficient (Wildman–Crippen LogP) is 5.74. The normalized spacial score (nSPS) is 21.8. The Morgan fingerprint density at radius 3 is 2.58 bits per heavy atom. The number of hydrogen-bond acceptors (Lipinski definition) is 2. The topological polar surface area (TPSA) is 20.3 Å². The highest BCUT2D eigenvalue weighted by Crippen LogP contribution is 2.38. The highest BCUT2D eigenvalue weighted by molar-refractivity contribution is 5.97. The molecule has 0 aliphatic carbocycles. The number of carbonyl (C=O) groups is 1. The average molecular weight is 369 g/mol. The van der Waals surface area contributed by atoms with E-state index in [1.54, 1.807) is 6.92 Å². The number of likely N-dealkylation sites (tertiary alicyclic amines) is 1. The molecule has 0 radical (unpaired) electrons. The summed E-state index contributed by atoms with van der Waals surface area (Å²) in [6, 6.07) is 3.50. The Kier molecular flexibility index (Phi) is 6.89. The largest absolute Gasteiger partial charge is 0.416 e. The van der Waals surface area contributed by atoms with Crippen LogP contribution in [0.5, 0.6) is 0 Å². The van der Waals surface area contributed by atoms with E-state index < -0.39 is 11.7 Å². The summed E-state index contributed by atoms with van der Waals surface area (Å²) in [7, 11) is 2.14.